The van der Waals surface area contributed by atoms with Gasteiger partial charge in [-0.15, -0.1) is 11.6 Å². The second-order valence-corrected chi connectivity index (χ2v) is 6.07. The molecule has 1 atom stereocenters. The van der Waals surface area contributed by atoms with E-state index < -0.39 is 11.7 Å². The number of halogens is 4. The Hall–Kier alpha value is -0.970. The molecule has 2 nitrogen and oxygen atoms in total. The van der Waals surface area contributed by atoms with E-state index in [1.54, 1.807) is 4.90 Å². The summed E-state index contributed by atoms with van der Waals surface area (Å²) >= 11 is 6.22. The smallest absolute Gasteiger partial charge is 0.355 e. The molecule has 106 valence electrons. The Morgan fingerprint density at radius 2 is 2.11 bits per heavy atom. The van der Waals surface area contributed by atoms with Gasteiger partial charge in [-0.25, -0.2) is 4.98 Å². The number of aromatic nitrogens is 1. The molecule has 1 aliphatic rings. The molecule has 0 aromatic carbocycles. The van der Waals surface area contributed by atoms with Crippen LogP contribution in [0.2, 0.25) is 0 Å². The number of hydrogen-bond acceptors (Lipinski definition) is 2. The van der Waals surface area contributed by atoms with Gasteiger partial charge in [0.15, 0.2) is 0 Å². The zero-order valence-electron chi connectivity index (χ0n) is 10.8. The van der Waals surface area contributed by atoms with Crippen LogP contribution in [0.1, 0.15) is 25.8 Å². The van der Waals surface area contributed by atoms with Gasteiger partial charge in [0.25, 0.3) is 0 Å². The largest absolute Gasteiger partial charge is 0.419 e. The van der Waals surface area contributed by atoms with E-state index in [4.69, 9.17) is 11.6 Å². The van der Waals surface area contributed by atoms with Crippen molar-refractivity contribution < 1.29 is 13.2 Å². The summed E-state index contributed by atoms with van der Waals surface area (Å²) in [7, 11) is 0. The van der Waals surface area contributed by atoms with Gasteiger partial charge >= 0.3 is 6.18 Å². The quantitative estimate of drug-likeness (QED) is 0.729. The summed E-state index contributed by atoms with van der Waals surface area (Å²) in [6.45, 7) is 4.90. The summed E-state index contributed by atoms with van der Waals surface area (Å²) in [4.78, 5) is 5.60. The number of pyridine rings is 1. The summed E-state index contributed by atoms with van der Waals surface area (Å²) in [6.07, 6.45) is -2.33. The number of alkyl halides is 4. The zero-order chi connectivity index (χ0) is 14.3. The first-order chi connectivity index (χ1) is 8.72. The summed E-state index contributed by atoms with van der Waals surface area (Å²) < 4.78 is 38.9. The highest BCUT2D eigenvalue weighted by molar-refractivity contribution is 6.21. The minimum atomic E-state index is -4.38. The highest BCUT2D eigenvalue weighted by Crippen LogP contribution is 2.39. The Bertz CT molecular complexity index is 459. The maximum absolute atomic E-state index is 13.0. The SMILES string of the molecule is CC1(C)CN(c2ncccc2C(F)(F)F)CCC1Cl. The molecular formula is C13H16ClF3N2. The van der Waals surface area contributed by atoms with Crippen LogP contribution in [0.15, 0.2) is 18.3 Å². The highest BCUT2D eigenvalue weighted by Gasteiger charge is 2.40. The summed E-state index contributed by atoms with van der Waals surface area (Å²) in [5, 5.41) is -0.0261. The van der Waals surface area contributed by atoms with E-state index in [2.05, 4.69) is 4.98 Å². The molecule has 2 heterocycles. The monoisotopic (exact) mass is 292 g/mol. The second kappa shape index (κ2) is 4.85. The van der Waals surface area contributed by atoms with Crippen LogP contribution in [0.3, 0.4) is 0 Å². The normalized spacial score (nSPS) is 23.5. The van der Waals surface area contributed by atoms with Crippen LogP contribution in [0, 0.1) is 5.41 Å². The molecule has 1 unspecified atom stereocenters. The maximum atomic E-state index is 13.0. The van der Waals surface area contributed by atoms with Crippen LogP contribution in [0.25, 0.3) is 0 Å². The van der Waals surface area contributed by atoms with Crippen molar-refractivity contribution in [1.29, 1.82) is 0 Å². The van der Waals surface area contributed by atoms with E-state index in [0.29, 0.717) is 19.5 Å². The molecule has 1 saturated heterocycles. The molecule has 0 amide bonds. The maximum Gasteiger partial charge on any atom is 0.419 e. The van der Waals surface area contributed by atoms with Crippen LogP contribution in [-0.4, -0.2) is 23.5 Å². The lowest BCUT2D eigenvalue weighted by Crippen LogP contribution is -2.47. The van der Waals surface area contributed by atoms with Crippen molar-refractivity contribution in [3.8, 4) is 0 Å². The molecular weight excluding hydrogens is 277 g/mol. The Balaban J connectivity index is 2.33. The van der Waals surface area contributed by atoms with E-state index in [9.17, 15) is 13.2 Å². The van der Waals surface area contributed by atoms with Crippen molar-refractivity contribution >= 4 is 17.4 Å². The van der Waals surface area contributed by atoms with Crippen molar-refractivity contribution in [3.05, 3.63) is 23.9 Å². The summed E-state index contributed by atoms with van der Waals surface area (Å²) in [6, 6.07) is 2.38. The molecule has 0 radical (unpaired) electrons. The van der Waals surface area contributed by atoms with E-state index in [1.807, 2.05) is 13.8 Å². The molecule has 0 aliphatic carbocycles. The number of piperidine rings is 1. The van der Waals surface area contributed by atoms with Crippen molar-refractivity contribution in [2.45, 2.75) is 31.8 Å². The third kappa shape index (κ3) is 2.96. The zero-order valence-corrected chi connectivity index (χ0v) is 11.6. The fourth-order valence-corrected chi connectivity index (χ4v) is 2.55. The first-order valence-corrected chi connectivity index (χ1v) is 6.57. The standard InChI is InChI=1S/C13H16ClF3N2/c1-12(2)8-19(7-5-10(12)14)11-9(13(15,16)17)4-3-6-18-11/h3-4,6,10H,5,7-8H2,1-2H3. The van der Waals surface area contributed by atoms with Gasteiger partial charge in [-0.3, -0.25) is 0 Å². The van der Waals surface area contributed by atoms with E-state index in [0.717, 1.165) is 6.07 Å². The highest BCUT2D eigenvalue weighted by atomic mass is 35.5. The van der Waals surface area contributed by atoms with Crippen LogP contribution >= 0.6 is 11.6 Å². The lowest BCUT2D eigenvalue weighted by Gasteiger charge is -2.42. The van der Waals surface area contributed by atoms with Crippen molar-refractivity contribution in [2.75, 3.05) is 18.0 Å². The first kappa shape index (κ1) is 14.4. The third-order valence-corrected chi connectivity index (χ3v) is 4.30. The number of rotatable bonds is 1. The fourth-order valence-electron chi connectivity index (χ4n) is 2.38. The molecule has 1 aliphatic heterocycles. The van der Waals surface area contributed by atoms with Crippen molar-refractivity contribution in [3.63, 3.8) is 0 Å². The molecule has 0 spiro atoms. The number of anilines is 1. The molecule has 2 rings (SSSR count). The lowest BCUT2D eigenvalue weighted by molar-refractivity contribution is -0.137. The molecule has 19 heavy (non-hydrogen) atoms. The molecule has 1 fully saturated rings. The van der Waals surface area contributed by atoms with Gasteiger partial charge in [-0.2, -0.15) is 13.2 Å². The fraction of sp³-hybridized carbons (Fsp3) is 0.615. The van der Waals surface area contributed by atoms with Crippen molar-refractivity contribution in [1.82, 2.24) is 4.98 Å². The van der Waals surface area contributed by atoms with Gasteiger partial charge in [0.1, 0.15) is 5.82 Å². The van der Waals surface area contributed by atoms with E-state index in [1.165, 1.54) is 12.3 Å². The van der Waals surface area contributed by atoms with Crippen molar-refractivity contribution in [2.24, 2.45) is 5.41 Å². The van der Waals surface area contributed by atoms with Crippen LogP contribution < -0.4 is 4.90 Å². The molecule has 1 aromatic heterocycles. The Morgan fingerprint density at radius 3 is 2.68 bits per heavy atom. The first-order valence-electron chi connectivity index (χ1n) is 6.13. The summed E-state index contributed by atoms with van der Waals surface area (Å²) in [5.74, 6) is 0.00615. The number of nitrogens with zero attached hydrogens (tertiary/aromatic N) is 2. The van der Waals surface area contributed by atoms with Gasteiger partial charge < -0.3 is 4.90 Å². The lowest BCUT2D eigenvalue weighted by atomic mass is 9.83. The average Bonchev–Trinajstić information content (AvgIpc) is 2.31. The van der Waals surface area contributed by atoms with Crippen LogP contribution in [0.5, 0.6) is 0 Å². The van der Waals surface area contributed by atoms with Gasteiger partial charge in [0, 0.05) is 24.7 Å². The second-order valence-electron chi connectivity index (χ2n) is 5.54. The topological polar surface area (TPSA) is 16.1 Å². The van der Waals surface area contributed by atoms with Crippen LogP contribution in [0.4, 0.5) is 19.0 Å². The van der Waals surface area contributed by atoms with Gasteiger partial charge in [0.2, 0.25) is 0 Å². The molecule has 1 aromatic rings. The predicted molar refractivity (Wildman–Crippen MR) is 69.5 cm³/mol. The van der Waals surface area contributed by atoms with E-state index >= 15 is 0 Å². The van der Waals surface area contributed by atoms with E-state index in [-0.39, 0.29) is 16.6 Å². The predicted octanol–water partition coefficient (Wildman–Crippen LogP) is 3.94. The Morgan fingerprint density at radius 1 is 1.42 bits per heavy atom. The minimum absolute atomic E-state index is 0.00615. The minimum Gasteiger partial charge on any atom is -0.355 e. The Kier molecular flexibility index (Phi) is 3.69. The molecule has 6 heteroatoms. The van der Waals surface area contributed by atoms with Crippen LogP contribution in [-0.2, 0) is 6.18 Å². The molecule has 0 saturated carbocycles. The molecule has 0 N–H and O–H groups in total. The third-order valence-electron chi connectivity index (χ3n) is 3.49. The Labute approximate surface area is 115 Å². The van der Waals surface area contributed by atoms with Gasteiger partial charge in [-0.05, 0) is 24.0 Å². The summed E-state index contributed by atoms with van der Waals surface area (Å²) in [5.41, 5.74) is -0.918. The van der Waals surface area contributed by atoms with Gasteiger partial charge in [-0.1, -0.05) is 13.8 Å². The molecule has 0 bridgehead atoms. The number of hydrogen-bond donors (Lipinski definition) is 0. The average molecular weight is 293 g/mol. The van der Waals surface area contributed by atoms with Gasteiger partial charge in [0.05, 0.1) is 5.56 Å².